The average molecular weight is 353 g/mol. The second-order valence-electron chi connectivity index (χ2n) is 7.43. The Bertz CT molecular complexity index is 808. The van der Waals surface area contributed by atoms with Crippen LogP contribution >= 0.6 is 0 Å². The molecule has 2 aromatic rings. The first-order valence-electron chi connectivity index (χ1n) is 9.27. The van der Waals surface area contributed by atoms with Crippen LogP contribution in [0.5, 0.6) is 11.5 Å². The van der Waals surface area contributed by atoms with Crippen LogP contribution in [0.25, 0.3) is 0 Å². The summed E-state index contributed by atoms with van der Waals surface area (Å²) in [5.74, 6) is 1.89. The van der Waals surface area contributed by atoms with E-state index in [1.165, 1.54) is 16.7 Å². The normalized spacial score (nSPS) is 25.3. The lowest BCUT2D eigenvalue weighted by Crippen LogP contribution is -2.50. The Morgan fingerprint density at radius 1 is 1.15 bits per heavy atom. The fourth-order valence-corrected chi connectivity index (χ4v) is 4.46. The third-order valence-corrected chi connectivity index (χ3v) is 5.87. The summed E-state index contributed by atoms with van der Waals surface area (Å²) in [6.45, 7) is 4.11. The van der Waals surface area contributed by atoms with E-state index in [-0.39, 0.29) is 12.0 Å². The zero-order valence-electron chi connectivity index (χ0n) is 15.7. The van der Waals surface area contributed by atoms with Crippen LogP contribution < -0.4 is 15.2 Å². The molecule has 1 aromatic carbocycles. The lowest BCUT2D eigenvalue weighted by atomic mass is 9.79. The largest absolute Gasteiger partial charge is 0.493 e. The van der Waals surface area contributed by atoms with Gasteiger partial charge >= 0.3 is 0 Å². The van der Waals surface area contributed by atoms with Crippen molar-refractivity contribution in [2.75, 3.05) is 27.3 Å². The topological polar surface area (TPSA) is 60.6 Å². The lowest BCUT2D eigenvalue weighted by Gasteiger charge is -2.46. The van der Waals surface area contributed by atoms with Crippen LogP contribution in [0.2, 0.25) is 0 Å². The van der Waals surface area contributed by atoms with Crippen molar-refractivity contribution in [1.82, 2.24) is 9.88 Å². The Labute approximate surface area is 155 Å². The summed E-state index contributed by atoms with van der Waals surface area (Å²) in [6, 6.07) is 8.93. The molecule has 0 bridgehead atoms. The minimum absolute atomic E-state index is 0.101. The van der Waals surface area contributed by atoms with Gasteiger partial charge in [0.05, 0.1) is 14.2 Å². The summed E-state index contributed by atoms with van der Waals surface area (Å²) < 4.78 is 11.0. The highest BCUT2D eigenvalue weighted by atomic mass is 16.5. The van der Waals surface area contributed by atoms with Gasteiger partial charge in [-0.1, -0.05) is 0 Å². The van der Waals surface area contributed by atoms with Gasteiger partial charge in [-0.2, -0.15) is 0 Å². The molecule has 3 atom stereocenters. The van der Waals surface area contributed by atoms with Crippen molar-refractivity contribution in [3.8, 4) is 11.5 Å². The second kappa shape index (κ2) is 6.89. The molecule has 138 valence electrons. The van der Waals surface area contributed by atoms with Crippen molar-refractivity contribution in [3.63, 3.8) is 0 Å². The molecular weight excluding hydrogens is 326 g/mol. The zero-order chi connectivity index (χ0) is 18.3. The van der Waals surface area contributed by atoms with Gasteiger partial charge in [-0.15, -0.1) is 0 Å². The van der Waals surface area contributed by atoms with Crippen molar-refractivity contribution >= 4 is 0 Å². The van der Waals surface area contributed by atoms with Crippen LogP contribution in [-0.2, 0) is 6.42 Å². The number of nitrogens with two attached hydrogens (primary N) is 1. The molecule has 26 heavy (non-hydrogen) atoms. The molecule has 2 N–H and O–H groups in total. The monoisotopic (exact) mass is 353 g/mol. The van der Waals surface area contributed by atoms with Crippen molar-refractivity contribution in [2.24, 2.45) is 5.73 Å². The van der Waals surface area contributed by atoms with Crippen LogP contribution in [0.1, 0.15) is 40.8 Å². The smallest absolute Gasteiger partial charge is 0.161 e. The summed E-state index contributed by atoms with van der Waals surface area (Å²) >= 11 is 0. The first kappa shape index (κ1) is 17.3. The average Bonchev–Trinajstić information content (AvgIpc) is 2.66. The van der Waals surface area contributed by atoms with E-state index in [1.54, 1.807) is 14.2 Å². The van der Waals surface area contributed by atoms with Crippen molar-refractivity contribution < 1.29 is 9.47 Å². The Morgan fingerprint density at radius 2 is 1.92 bits per heavy atom. The van der Waals surface area contributed by atoms with E-state index in [4.69, 9.17) is 15.2 Å². The fraction of sp³-hybridized carbons (Fsp3) is 0.476. The number of aryl methyl sites for hydroxylation is 1. The van der Waals surface area contributed by atoms with Gasteiger partial charge in [0.1, 0.15) is 0 Å². The van der Waals surface area contributed by atoms with Crippen LogP contribution in [0.3, 0.4) is 0 Å². The highest BCUT2D eigenvalue weighted by Crippen LogP contribution is 2.43. The number of benzene rings is 1. The molecule has 0 aliphatic carbocycles. The molecule has 1 aromatic heterocycles. The van der Waals surface area contributed by atoms with Gasteiger partial charge in [0, 0.05) is 43.0 Å². The predicted molar refractivity (Wildman–Crippen MR) is 102 cm³/mol. The van der Waals surface area contributed by atoms with Crippen LogP contribution in [0.4, 0.5) is 0 Å². The minimum Gasteiger partial charge on any atom is -0.493 e. The summed E-state index contributed by atoms with van der Waals surface area (Å²) in [5, 5.41) is 0. The molecular formula is C21H27N3O2. The number of hydrogen-bond donors (Lipinski definition) is 1. The number of methoxy groups -OCH3 is 2. The standard InChI is InChI=1S/C21H27N3O2/c1-13-4-6-23-18(8-13)16-12-24-7-5-14-9-20(25-2)21(26-3)10-15(14)19(24)11-17(16)22/h4,6,8-10,16-17,19H,5,7,11-12,22H2,1-3H3/t16?,17-,19+/m0/s1. The third-order valence-electron chi connectivity index (χ3n) is 5.87. The summed E-state index contributed by atoms with van der Waals surface area (Å²) in [5.41, 5.74) is 11.7. The number of rotatable bonds is 3. The molecule has 2 aliphatic heterocycles. The minimum atomic E-state index is 0.101. The van der Waals surface area contributed by atoms with Crippen LogP contribution in [0.15, 0.2) is 30.5 Å². The molecule has 5 nitrogen and oxygen atoms in total. The molecule has 0 spiro atoms. The first-order chi connectivity index (χ1) is 12.6. The van der Waals surface area contributed by atoms with E-state index < -0.39 is 0 Å². The van der Waals surface area contributed by atoms with E-state index in [9.17, 15) is 0 Å². The highest BCUT2D eigenvalue weighted by Gasteiger charge is 2.39. The van der Waals surface area contributed by atoms with Crippen molar-refractivity contribution in [1.29, 1.82) is 0 Å². The Hall–Kier alpha value is -2.11. The molecule has 2 aliphatic rings. The number of nitrogens with zero attached hydrogens (tertiary/aromatic N) is 2. The maximum atomic E-state index is 6.63. The Morgan fingerprint density at radius 3 is 2.65 bits per heavy atom. The van der Waals surface area contributed by atoms with E-state index in [2.05, 4.69) is 35.0 Å². The fourth-order valence-electron chi connectivity index (χ4n) is 4.46. The number of fused-ring (bicyclic) bond motifs is 3. The van der Waals surface area contributed by atoms with Crippen molar-refractivity contribution in [2.45, 2.75) is 37.8 Å². The predicted octanol–water partition coefficient (Wildman–Crippen LogP) is 2.82. The SMILES string of the molecule is COc1cc2c(cc1OC)[C@H]1C[C@H](N)C(c3cc(C)ccn3)CN1CC2. The van der Waals surface area contributed by atoms with E-state index in [0.717, 1.165) is 43.1 Å². The molecule has 5 heteroatoms. The van der Waals surface area contributed by atoms with Crippen LogP contribution in [0, 0.1) is 6.92 Å². The van der Waals surface area contributed by atoms with Gasteiger partial charge in [-0.25, -0.2) is 0 Å². The first-order valence-corrected chi connectivity index (χ1v) is 9.27. The Kier molecular flexibility index (Phi) is 4.59. The molecule has 0 amide bonds. The summed E-state index contributed by atoms with van der Waals surface area (Å²) in [4.78, 5) is 7.16. The number of pyridine rings is 1. The van der Waals surface area contributed by atoms with E-state index in [0.29, 0.717) is 6.04 Å². The van der Waals surface area contributed by atoms with Gasteiger partial charge < -0.3 is 15.2 Å². The summed E-state index contributed by atoms with van der Waals surface area (Å²) in [6.07, 6.45) is 3.85. The van der Waals surface area contributed by atoms with Gasteiger partial charge in [-0.3, -0.25) is 9.88 Å². The van der Waals surface area contributed by atoms with Gasteiger partial charge in [0.15, 0.2) is 11.5 Å². The molecule has 1 saturated heterocycles. The lowest BCUT2D eigenvalue weighted by molar-refractivity contribution is 0.108. The highest BCUT2D eigenvalue weighted by molar-refractivity contribution is 5.49. The second-order valence-corrected chi connectivity index (χ2v) is 7.43. The maximum absolute atomic E-state index is 6.63. The maximum Gasteiger partial charge on any atom is 0.161 e. The van der Waals surface area contributed by atoms with Crippen LogP contribution in [-0.4, -0.2) is 43.2 Å². The number of hydrogen-bond acceptors (Lipinski definition) is 5. The Balaban J connectivity index is 1.64. The molecule has 1 fully saturated rings. The van der Waals surface area contributed by atoms with Gasteiger partial charge in [0.25, 0.3) is 0 Å². The number of piperidine rings is 1. The zero-order valence-corrected chi connectivity index (χ0v) is 15.7. The number of aromatic nitrogens is 1. The quantitative estimate of drug-likeness (QED) is 0.919. The van der Waals surface area contributed by atoms with Gasteiger partial charge in [0.2, 0.25) is 0 Å². The van der Waals surface area contributed by atoms with Crippen molar-refractivity contribution in [3.05, 3.63) is 52.8 Å². The molecule has 1 unspecified atom stereocenters. The van der Waals surface area contributed by atoms with E-state index in [1.807, 2.05) is 12.3 Å². The van der Waals surface area contributed by atoms with Gasteiger partial charge in [-0.05, 0) is 60.7 Å². The molecule has 0 saturated carbocycles. The third kappa shape index (κ3) is 2.95. The van der Waals surface area contributed by atoms with E-state index >= 15 is 0 Å². The number of ether oxygens (including phenoxy) is 2. The molecule has 3 heterocycles. The summed E-state index contributed by atoms with van der Waals surface area (Å²) in [7, 11) is 3.38. The molecule has 0 radical (unpaired) electrons. The molecule has 4 rings (SSSR count).